The molecule has 0 aromatic heterocycles. The number of ether oxygens (including phenoxy) is 1. The lowest BCUT2D eigenvalue weighted by Crippen LogP contribution is -2.30. The van der Waals surface area contributed by atoms with Crippen molar-refractivity contribution in [3.05, 3.63) is 30.1 Å². The minimum Gasteiger partial charge on any atom is -0.466 e. The Morgan fingerprint density at radius 2 is 1.94 bits per heavy atom. The number of carbonyl (C=O) groups is 2. The van der Waals surface area contributed by atoms with Gasteiger partial charge in [-0.2, -0.15) is 0 Å². The van der Waals surface area contributed by atoms with E-state index in [4.69, 9.17) is 4.74 Å². The van der Waals surface area contributed by atoms with E-state index in [1.807, 2.05) is 0 Å². The Morgan fingerprint density at radius 1 is 1.28 bits per heavy atom. The number of urea groups is 1. The molecular formula is C12H15FN2O3. The smallest absolute Gasteiger partial charge is 0.319 e. The second-order valence-corrected chi connectivity index (χ2v) is 3.44. The Labute approximate surface area is 104 Å². The highest BCUT2D eigenvalue weighted by atomic mass is 19.1. The molecule has 2 N–H and O–H groups in total. The lowest BCUT2D eigenvalue weighted by molar-refractivity contribution is -0.142. The van der Waals surface area contributed by atoms with Gasteiger partial charge in [-0.1, -0.05) is 0 Å². The van der Waals surface area contributed by atoms with Crippen molar-refractivity contribution in [2.45, 2.75) is 13.3 Å². The molecule has 0 saturated carbocycles. The molecular weight excluding hydrogens is 239 g/mol. The first kappa shape index (κ1) is 14.0. The fraction of sp³-hybridized carbons (Fsp3) is 0.333. The zero-order valence-corrected chi connectivity index (χ0v) is 10.0. The summed E-state index contributed by atoms with van der Waals surface area (Å²) >= 11 is 0. The van der Waals surface area contributed by atoms with Crippen LogP contribution in [0.1, 0.15) is 13.3 Å². The highest BCUT2D eigenvalue weighted by molar-refractivity contribution is 5.89. The SMILES string of the molecule is CCOC(=O)CCNC(=O)Nc1ccc(F)cc1. The van der Waals surface area contributed by atoms with Gasteiger partial charge in [0, 0.05) is 12.2 Å². The number of nitrogens with one attached hydrogen (secondary N) is 2. The van der Waals surface area contributed by atoms with Crippen LogP contribution in [0.5, 0.6) is 0 Å². The molecule has 1 aromatic carbocycles. The normalized spacial score (nSPS) is 9.67. The Morgan fingerprint density at radius 3 is 2.56 bits per heavy atom. The van der Waals surface area contributed by atoms with Crippen LogP contribution in [-0.2, 0) is 9.53 Å². The summed E-state index contributed by atoms with van der Waals surface area (Å²) in [6, 6.07) is 4.93. The van der Waals surface area contributed by atoms with Gasteiger partial charge in [0.05, 0.1) is 13.0 Å². The first-order valence-corrected chi connectivity index (χ1v) is 5.58. The summed E-state index contributed by atoms with van der Waals surface area (Å²) in [6.07, 6.45) is 0.116. The third kappa shape index (κ3) is 5.29. The molecule has 0 saturated heterocycles. The van der Waals surface area contributed by atoms with E-state index in [-0.39, 0.29) is 24.8 Å². The van der Waals surface area contributed by atoms with E-state index in [1.54, 1.807) is 6.92 Å². The van der Waals surface area contributed by atoms with Crippen molar-refractivity contribution in [3.63, 3.8) is 0 Å². The number of hydrogen-bond donors (Lipinski definition) is 2. The molecule has 0 aliphatic carbocycles. The van der Waals surface area contributed by atoms with Crippen LogP contribution in [0.2, 0.25) is 0 Å². The van der Waals surface area contributed by atoms with Gasteiger partial charge in [0.25, 0.3) is 0 Å². The van der Waals surface area contributed by atoms with Crippen molar-refractivity contribution < 1.29 is 18.7 Å². The zero-order chi connectivity index (χ0) is 13.4. The molecule has 1 rings (SSSR count). The Balaban J connectivity index is 2.25. The van der Waals surface area contributed by atoms with Crippen LogP contribution in [-0.4, -0.2) is 25.2 Å². The van der Waals surface area contributed by atoms with Crippen LogP contribution in [0.25, 0.3) is 0 Å². The summed E-state index contributed by atoms with van der Waals surface area (Å²) in [4.78, 5) is 22.4. The average molecular weight is 254 g/mol. The van der Waals surface area contributed by atoms with Crippen molar-refractivity contribution >= 4 is 17.7 Å². The maximum Gasteiger partial charge on any atom is 0.319 e. The molecule has 0 atom stereocenters. The molecule has 0 spiro atoms. The first-order chi connectivity index (χ1) is 8.61. The molecule has 6 heteroatoms. The summed E-state index contributed by atoms with van der Waals surface area (Å²) in [7, 11) is 0. The molecule has 98 valence electrons. The van der Waals surface area contributed by atoms with Crippen LogP contribution in [0.15, 0.2) is 24.3 Å². The van der Waals surface area contributed by atoms with Crippen molar-refractivity contribution in [1.82, 2.24) is 5.32 Å². The van der Waals surface area contributed by atoms with Gasteiger partial charge < -0.3 is 15.4 Å². The van der Waals surface area contributed by atoms with Gasteiger partial charge in [-0.15, -0.1) is 0 Å². The van der Waals surface area contributed by atoms with E-state index in [0.717, 1.165) is 0 Å². The Bertz CT molecular complexity index is 406. The molecule has 0 aliphatic rings. The minimum absolute atomic E-state index is 0.116. The minimum atomic E-state index is -0.453. The van der Waals surface area contributed by atoms with Crippen LogP contribution in [0.3, 0.4) is 0 Å². The van der Waals surface area contributed by atoms with Gasteiger partial charge in [0.15, 0.2) is 0 Å². The molecule has 0 fully saturated rings. The third-order valence-electron chi connectivity index (χ3n) is 2.02. The molecule has 2 amide bonds. The van der Waals surface area contributed by atoms with Gasteiger partial charge in [-0.3, -0.25) is 4.79 Å². The van der Waals surface area contributed by atoms with Crippen LogP contribution in [0.4, 0.5) is 14.9 Å². The van der Waals surface area contributed by atoms with Crippen molar-refractivity contribution in [3.8, 4) is 0 Å². The van der Waals surface area contributed by atoms with Crippen LogP contribution < -0.4 is 10.6 Å². The average Bonchev–Trinajstić information content (AvgIpc) is 2.32. The summed E-state index contributed by atoms with van der Waals surface area (Å²) in [5, 5.41) is 5.00. The monoisotopic (exact) mass is 254 g/mol. The maximum absolute atomic E-state index is 12.6. The number of anilines is 1. The number of benzene rings is 1. The fourth-order valence-electron chi connectivity index (χ4n) is 1.22. The summed E-state index contributed by atoms with van der Waals surface area (Å²) in [6.45, 7) is 2.22. The standard InChI is InChI=1S/C12H15FN2O3/c1-2-18-11(16)7-8-14-12(17)15-10-5-3-9(13)4-6-10/h3-6H,2,7-8H2,1H3,(H2,14,15,17). The highest BCUT2D eigenvalue weighted by Gasteiger charge is 2.04. The third-order valence-corrected chi connectivity index (χ3v) is 2.02. The number of hydrogen-bond acceptors (Lipinski definition) is 3. The van der Waals surface area contributed by atoms with Gasteiger partial charge >= 0.3 is 12.0 Å². The predicted molar refractivity (Wildman–Crippen MR) is 64.7 cm³/mol. The van der Waals surface area contributed by atoms with Crippen molar-refractivity contribution in [2.75, 3.05) is 18.5 Å². The van der Waals surface area contributed by atoms with E-state index in [9.17, 15) is 14.0 Å². The first-order valence-electron chi connectivity index (χ1n) is 5.58. The summed E-state index contributed by atoms with van der Waals surface area (Å²) in [5.74, 6) is -0.733. The Kier molecular flexibility index (Phi) is 5.63. The molecule has 0 unspecified atom stereocenters. The van der Waals surface area contributed by atoms with E-state index < -0.39 is 6.03 Å². The van der Waals surface area contributed by atoms with Gasteiger partial charge in [-0.05, 0) is 31.2 Å². The summed E-state index contributed by atoms with van der Waals surface area (Å²) < 4.78 is 17.3. The molecule has 5 nitrogen and oxygen atoms in total. The number of esters is 1. The fourth-order valence-corrected chi connectivity index (χ4v) is 1.22. The molecule has 0 aliphatic heterocycles. The van der Waals surface area contributed by atoms with Crippen LogP contribution in [0, 0.1) is 5.82 Å². The van der Waals surface area contributed by atoms with Gasteiger partial charge in [0.1, 0.15) is 5.82 Å². The molecule has 0 heterocycles. The lowest BCUT2D eigenvalue weighted by Gasteiger charge is -2.07. The maximum atomic E-state index is 12.6. The number of amides is 2. The largest absolute Gasteiger partial charge is 0.466 e. The molecule has 0 radical (unpaired) electrons. The zero-order valence-electron chi connectivity index (χ0n) is 10.0. The molecule has 18 heavy (non-hydrogen) atoms. The molecule has 0 bridgehead atoms. The lowest BCUT2D eigenvalue weighted by atomic mass is 10.3. The summed E-state index contributed by atoms with van der Waals surface area (Å²) in [5.41, 5.74) is 0.477. The number of rotatable bonds is 5. The van der Waals surface area contributed by atoms with E-state index in [1.165, 1.54) is 24.3 Å². The topological polar surface area (TPSA) is 67.4 Å². The van der Waals surface area contributed by atoms with Gasteiger partial charge in [-0.25, -0.2) is 9.18 Å². The predicted octanol–water partition coefficient (Wildman–Crippen LogP) is 1.90. The van der Waals surface area contributed by atoms with Gasteiger partial charge in [0.2, 0.25) is 0 Å². The highest BCUT2D eigenvalue weighted by Crippen LogP contribution is 2.07. The van der Waals surface area contributed by atoms with Crippen LogP contribution >= 0.6 is 0 Å². The van der Waals surface area contributed by atoms with Crippen molar-refractivity contribution in [2.24, 2.45) is 0 Å². The number of carbonyl (C=O) groups excluding carboxylic acids is 2. The van der Waals surface area contributed by atoms with E-state index >= 15 is 0 Å². The quantitative estimate of drug-likeness (QED) is 0.788. The van der Waals surface area contributed by atoms with Crippen molar-refractivity contribution in [1.29, 1.82) is 0 Å². The molecule has 1 aromatic rings. The Hall–Kier alpha value is -2.11. The number of halogens is 1. The second kappa shape index (κ2) is 7.26. The van der Waals surface area contributed by atoms with E-state index in [2.05, 4.69) is 10.6 Å². The second-order valence-electron chi connectivity index (χ2n) is 3.44. The van der Waals surface area contributed by atoms with E-state index in [0.29, 0.717) is 12.3 Å².